The Morgan fingerprint density at radius 2 is 1.95 bits per heavy atom. The van der Waals surface area contributed by atoms with Gasteiger partial charge < -0.3 is 5.32 Å². The predicted molar refractivity (Wildman–Crippen MR) is 85.1 cm³/mol. The van der Waals surface area contributed by atoms with Gasteiger partial charge in [0.25, 0.3) is 0 Å². The van der Waals surface area contributed by atoms with E-state index in [1.165, 1.54) is 5.56 Å². The Morgan fingerprint density at radius 1 is 1.15 bits per heavy atom. The number of benzene rings is 1. The normalized spacial score (nSPS) is 10.8. The van der Waals surface area contributed by atoms with Crippen LogP contribution >= 0.6 is 0 Å². The Kier molecular flexibility index (Phi) is 4.72. The highest BCUT2D eigenvalue weighted by Crippen LogP contribution is 2.23. The summed E-state index contributed by atoms with van der Waals surface area (Å²) in [6, 6.07) is 10.6. The number of anilines is 1. The smallest absolute Gasteiger partial charge is 0.133 e. The van der Waals surface area contributed by atoms with Crippen molar-refractivity contribution in [3.05, 3.63) is 41.7 Å². The Labute approximate surface area is 121 Å². The van der Waals surface area contributed by atoms with E-state index in [4.69, 9.17) is 4.98 Å². The number of aryl methyl sites for hydroxylation is 1. The molecule has 0 aliphatic heterocycles. The molecule has 106 valence electrons. The van der Waals surface area contributed by atoms with E-state index in [-0.39, 0.29) is 0 Å². The zero-order valence-electron chi connectivity index (χ0n) is 12.8. The molecule has 1 heterocycles. The molecule has 2 aromatic rings. The molecule has 0 bridgehead atoms. The molecule has 0 aliphatic rings. The van der Waals surface area contributed by atoms with E-state index in [2.05, 4.69) is 55.3 Å². The second kappa shape index (κ2) is 6.51. The Hall–Kier alpha value is -1.90. The van der Waals surface area contributed by atoms with E-state index < -0.39 is 0 Å². The SMILES string of the molecule is CCCc1cccc(-c2cc(NC)nc(C(C)C)n2)c1. The van der Waals surface area contributed by atoms with Crippen LogP contribution in [0.5, 0.6) is 0 Å². The van der Waals surface area contributed by atoms with Crippen LogP contribution in [0.25, 0.3) is 11.3 Å². The number of nitrogens with one attached hydrogen (secondary N) is 1. The lowest BCUT2D eigenvalue weighted by Crippen LogP contribution is -2.03. The highest BCUT2D eigenvalue weighted by Gasteiger charge is 2.09. The van der Waals surface area contributed by atoms with Crippen molar-refractivity contribution >= 4 is 5.82 Å². The van der Waals surface area contributed by atoms with Gasteiger partial charge in [0.05, 0.1) is 5.69 Å². The molecule has 2 rings (SSSR count). The van der Waals surface area contributed by atoms with E-state index >= 15 is 0 Å². The van der Waals surface area contributed by atoms with Crippen molar-refractivity contribution < 1.29 is 0 Å². The van der Waals surface area contributed by atoms with Gasteiger partial charge in [-0.1, -0.05) is 45.4 Å². The lowest BCUT2D eigenvalue weighted by molar-refractivity contribution is 0.777. The molecular weight excluding hydrogens is 246 g/mol. The molecule has 0 radical (unpaired) electrons. The van der Waals surface area contributed by atoms with Crippen LogP contribution in [0.2, 0.25) is 0 Å². The zero-order valence-corrected chi connectivity index (χ0v) is 12.8. The monoisotopic (exact) mass is 269 g/mol. The van der Waals surface area contributed by atoms with Gasteiger partial charge in [0.2, 0.25) is 0 Å². The molecule has 0 spiro atoms. The number of nitrogens with zero attached hydrogens (tertiary/aromatic N) is 2. The molecule has 0 saturated carbocycles. The molecule has 0 atom stereocenters. The maximum Gasteiger partial charge on any atom is 0.133 e. The second-order valence-corrected chi connectivity index (χ2v) is 5.35. The Balaban J connectivity index is 2.45. The van der Waals surface area contributed by atoms with E-state index in [9.17, 15) is 0 Å². The number of hydrogen-bond acceptors (Lipinski definition) is 3. The van der Waals surface area contributed by atoms with Crippen molar-refractivity contribution in [2.24, 2.45) is 0 Å². The van der Waals surface area contributed by atoms with Gasteiger partial charge in [0, 0.05) is 24.6 Å². The Morgan fingerprint density at radius 3 is 2.60 bits per heavy atom. The van der Waals surface area contributed by atoms with Gasteiger partial charge in [-0.2, -0.15) is 0 Å². The minimum absolute atomic E-state index is 0.320. The lowest BCUT2D eigenvalue weighted by atomic mass is 10.0. The van der Waals surface area contributed by atoms with E-state index in [1.807, 2.05) is 13.1 Å². The zero-order chi connectivity index (χ0) is 14.5. The number of hydrogen-bond donors (Lipinski definition) is 1. The number of aromatic nitrogens is 2. The van der Waals surface area contributed by atoms with Crippen molar-refractivity contribution in [3.63, 3.8) is 0 Å². The van der Waals surface area contributed by atoms with Crippen LogP contribution < -0.4 is 5.32 Å². The first-order valence-corrected chi connectivity index (χ1v) is 7.30. The van der Waals surface area contributed by atoms with E-state index in [0.29, 0.717) is 5.92 Å². The first kappa shape index (κ1) is 14.5. The molecule has 0 unspecified atom stereocenters. The van der Waals surface area contributed by atoms with Crippen molar-refractivity contribution in [1.29, 1.82) is 0 Å². The first-order chi connectivity index (χ1) is 9.63. The summed E-state index contributed by atoms with van der Waals surface area (Å²) in [6.45, 7) is 6.44. The van der Waals surface area contributed by atoms with Gasteiger partial charge in [-0.05, 0) is 18.1 Å². The summed E-state index contributed by atoms with van der Waals surface area (Å²) in [5.41, 5.74) is 3.52. The minimum Gasteiger partial charge on any atom is -0.373 e. The Bertz CT molecular complexity index is 576. The van der Waals surface area contributed by atoms with Crippen LogP contribution in [0.4, 0.5) is 5.82 Å². The molecule has 0 aliphatic carbocycles. The van der Waals surface area contributed by atoms with Gasteiger partial charge in [0.1, 0.15) is 11.6 Å². The topological polar surface area (TPSA) is 37.8 Å². The van der Waals surface area contributed by atoms with Crippen LogP contribution in [0.3, 0.4) is 0 Å². The number of rotatable bonds is 5. The maximum absolute atomic E-state index is 4.70. The lowest BCUT2D eigenvalue weighted by Gasteiger charge is -2.11. The van der Waals surface area contributed by atoms with Crippen molar-refractivity contribution in [3.8, 4) is 11.3 Å². The highest BCUT2D eigenvalue weighted by atomic mass is 15.0. The third kappa shape index (κ3) is 3.35. The molecule has 3 heteroatoms. The summed E-state index contributed by atoms with van der Waals surface area (Å²) < 4.78 is 0. The van der Waals surface area contributed by atoms with Gasteiger partial charge in [-0.25, -0.2) is 9.97 Å². The van der Waals surface area contributed by atoms with Crippen molar-refractivity contribution in [1.82, 2.24) is 9.97 Å². The van der Waals surface area contributed by atoms with Crippen molar-refractivity contribution in [2.75, 3.05) is 12.4 Å². The van der Waals surface area contributed by atoms with Crippen molar-refractivity contribution in [2.45, 2.75) is 39.5 Å². The summed E-state index contributed by atoms with van der Waals surface area (Å²) in [5, 5.41) is 3.12. The molecule has 0 amide bonds. The molecule has 20 heavy (non-hydrogen) atoms. The molecule has 3 nitrogen and oxygen atoms in total. The first-order valence-electron chi connectivity index (χ1n) is 7.30. The molecule has 1 N–H and O–H groups in total. The molecule has 0 fully saturated rings. The van der Waals surface area contributed by atoms with Crippen LogP contribution in [0.15, 0.2) is 30.3 Å². The maximum atomic E-state index is 4.70. The van der Waals surface area contributed by atoms with Gasteiger partial charge in [-0.3, -0.25) is 0 Å². The van der Waals surface area contributed by atoms with Gasteiger partial charge in [-0.15, -0.1) is 0 Å². The van der Waals surface area contributed by atoms with E-state index in [1.54, 1.807) is 0 Å². The summed E-state index contributed by atoms with van der Waals surface area (Å²) in [6.07, 6.45) is 2.26. The average molecular weight is 269 g/mol. The molecule has 1 aromatic carbocycles. The third-order valence-corrected chi connectivity index (χ3v) is 3.28. The quantitative estimate of drug-likeness (QED) is 0.881. The minimum atomic E-state index is 0.320. The molecule has 1 aromatic heterocycles. The predicted octanol–water partition coefficient (Wildman–Crippen LogP) is 4.26. The highest BCUT2D eigenvalue weighted by molar-refractivity contribution is 5.63. The van der Waals surface area contributed by atoms with Crippen LogP contribution in [0.1, 0.15) is 44.5 Å². The average Bonchev–Trinajstić information content (AvgIpc) is 2.47. The van der Waals surface area contributed by atoms with Crippen LogP contribution in [-0.2, 0) is 6.42 Å². The fraction of sp³-hybridized carbons (Fsp3) is 0.412. The standard InChI is InChI=1S/C17H23N3/c1-5-7-13-8-6-9-14(10-13)15-11-16(18-4)20-17(19-15)12(2)3/h6,8-12H,5,7H2,1-4H3,(H,18,19,20). The fourth-order valence-corrected chi connectivity index (χ4v) is 2.17. The van der Waals surface area contributed by atoms with Crippen LogP contribution in [0, 0.1) is 0 Å². The molecular formula is C17H23N3. The summed E-state index contributed by atoms with van der Waals surface area (Å²) in [7, 11) is 1.89. The third-order valence-electron chi connectivity index (χ3n) is 3.28. The van der Waals surface area contributed by atoms with Crippen LogP contribution in [-0.4, -0.2) is 17.0 Å². The molecule has 0 saturated heterocycles. The fourth-order valence-electron chi connectivity index (χ4n) is 2.17. The summed E-state index contributed by atoms with van der Waals surface area (Å²) >= 11 is 0. The van der Waals surface area contributed by atoms with Gasteiger partial charge >= 0.3 is 0 Å². The summed E-state index contributed by atoms with van der Waals surface area (Å²) in [4.78, 5) is 9.21. The largest absolute Gasteiger partial charge is 0.373 e. The van der Waals surface area contributed by atoms with E-state index in [0.717, 1.165) is 35.7 Å². The van der Waals surface area contributed by atoms with Gasteiger partial charge in [0.15, 0.2) is 0 Å². The second-order valence-electron chi connectivity index (χ2n) is 5.35. The summed E-state index contributed by atoms with van der Waals surface area (Å²) in [5.74, 6) is 2.08.